The van der Waals surface area contributed by atoms with Gasteiger partial charge in [0.2, 0.25) is 0 Å². The van der Waals surface area contributed by atoms with E-state index >= 15 is 0 Å². The molecule has 0 fully saturated rings. The molecule has 0 aliphatic carbocycles. The zero-order chi connectivity index (χ0) is 16.8. The van der Waals surface area contributed by atoms with Crippen LogP contribution in [0.25, 0.3) is 16.9 Å². The van der Waals surface area contributed by atoms with Gasteiger partial charge in [-0.2, -0.15) is 26.3 Å². The molecule has 23 heavy (non-hydrogen) atoms. The highest BCUT2D eigenvalue weighted by Gasteiger charge is 2.35. The van der Waals surface area contributed by atoms with Crippen molar-refractivity contribution in [3.63, 3.8) is 0 Å². The maximum atomic E-state index is 12.9. The van der Waals surface area contributed by atoms with Gasteiger partial charge in [0.15, 0.2) is 5.65 Å². The quantitative estimate of drug-likeness (QED) is 0.617. The van der Waals surface area contributed by atoms with Crippen LogP contribution in [0.2, 0.25) is 0 Å². The van der Waals surface area contributed by atoms with Gasteiger partial charge in [0, 0.05) is 18.0 Å². The third-order valence-corrected chi connectivity index (χ3v) is 3.20. The van der Waals surface area contributed by atoms with Gasteiger partial charge in [0.1, 0.15) is 11.4 Å². The van der Waals surface area contributed by atoms with Crippen molar-refractivity contribution in [2.75, 3.05) is 0 Å². The lowest BCUT2D eigenvalue weighted by atomic mass is 10.1. The van der Waals surface area contributed by atoms with Gasteiger partial charge in [-0.25, -0.2) is 4.98 Å². The van der Waals surface area contributed by atoms with E-state index in [1.54, 1.807) is 0 Å². The number of rotatable bonds is 1. The Balaban J connectivity index is 2.12. The van der Waals surface area contributed by atoms with Crippen molar-refractivity contribution >= 4 is 5.65 Å². The maximum Gasteiger partial charge on any atom is 0.433 e. The van der Waals surface area contributed by atoms with Crippen LogP contribution in [0.1, 0.15) is 11.3 Å². The van der Waals surface area contributed by atoms with Gasteiger partial charge in [0.05, 0.1) is 11.8 Å². The molecule has 3 rings (SSSR count). The van der Waals surface area contributed by atoms with Gasteiger partial charge in [-0.3, -0.25) is 9.38 Å². The van der Waals surface area contributed by atoms with E-state index in [-0.39, 0.29) is 16.9 Å². The van der Waals surface area contributed by atoms with Gasteiger partial charge in [-0.05, 0) is 12.1 Å². The minimum Gasteiger partial charge on any atom is -0.293 e. The third kappa shape index (κ3) is 2.73. The molecule has 0 atom stereocenters. The van der Waals surface area contributed by atoms with Gasteiger partial charge in [-0.1, -0.05) is 12.1 Å². The predicted molar refractivity (Wildman–Crippen MR) is 68.4 cm³/mol. The minimum absolute atomic E-state index is 0.0664. The second-order valence-electron chi connectivity index (χ2n) is 4.69. The van der Waals surface area contributed by atoms with Crippen molar-refractivity contribution in [3.8, 4) is 11.3 Å². The number of hydrogen-bond donors (Lipinski definition) is 0. The van der Waals surface area contributed by atoms with E-state index in [0.29, 0.717) is 6.20 Å². The number of aromatic nitrogens is 3. The molecule has 0 aliphatic rings. The molecule has 0 spiro atoms. The number of fused-ring (bicyclic) bond motifs is 1. The molecule has 0 amide bonds. The van der Waals surface area contributed by atoms with E-state index in [4.69, 9.17) is 0 Å². The number of benzene rings is 1. The second kappa shape index (κ2) is 4.97. The number of nitrogens with zero attached hydrogens (tertiary/aromatic N) is 3. The Morgan fingerprint density at radius 1 is 0.826 bits per heavy atom. The summed E-state index contributed by atoms with van der Waals surface area (Å²) < 4.78 is 77.1. The Hall–Kier alpha value is -2.58. The molecule has 0 radical (unpaired) electrons. The number of imidazole rings is 1. The van der Waals surface area contributed by atoms with Crippen LogP contribution in [-0.4, -0.2) is 14.4 Å². The van der Waals surface area contributed by atoms with Crippen molar-refractivity contribution in [2.45, 2.75) is 12.4 Å². The summed E-state index contributed by atoms with van der Waals surface area (Å²) in [5.41, 5.74) is -1.62. The maximum absolute atomic E-state index is 12.9. The summed E-state index contributed by atoms with van der Waals surface area (Å²) in [5, 5.41) is 0. The van der Waals surface area contributed by atoms with Gasteiger partial charge < -0.3 is 0 Å². The fourth-order valence-corrected chi connectivity index (χ4v) is 2.15. The average molecular weight is 331 g/mol. The highest BCUT2D eigenvalue weighted by atomic mass is 19.4. The topological polar surface area (TPSA) is 30.2 Å². The molecule has 0 bridgehead atoms. The van der Waals surface area contributed by atoms with Crippen LogP contribution in [-0.2, 0) is 12.4 Å². The highest BCUT2D eigenvalue weighted by Crippen LogP contribution is 2.33. The molecule has 1 aromatic carbocycles. The Bertz CT molecular complexity index is 846. The number of halogens is 6. The SMILES string of the molecule is FC(F)(F)c1ccc(-c2nccn3c(C(F)(F)F)cnc23)cc1. The second-order valence-corrected chi connectivity index (χ2v) is 4.69. The van der Waals surface area contributed by atoms with Crippen molar-refractivity contribution < 1.29 is 26.3 Å². The van der Waals surface area contributed by atoms with Crippen LogP contribution in [0.5, 0.6) is 0 Å². The average Bonchev–Trinajstić information content (AvgIpc) is 2.90. The smallest absolute Gasteiger partial charge is 0.293 e. The molecule has 3 aromatic rings. The van der Waals surface area contributed by atoms with Crippen molar-refractivity contribution in [3.05, 3.63) is 54.1 Å². The van der Waals surface area contributed by atoms with E-state index in [2.05, 4.69) is 9.97 Å². The molecular weight excluding hydrogens is 324 g/mol. The lowest BCUT2D eigenvalue weighted by Crippen LogP contribution is -2.09. The van der Waals surface area contributed by atoms with E-state index in [1.165, 1.54) is 0 Å². The summed E-state index contributed by atoms with van der Waals surface area (Å²) >= 11 is 0. The van der Waals surface area contributed by atoms with Crippen LogP contribution < -0.4 is 0 Å². The van der Waals surface area contributed by atoms with Crippen molar-refractivity contribution in [1.29, 1.82) is 0 Å². The number of hydrogen-bond acceptors (Lipinski definition) is 2. The molecule has 0 N–H and O–H groups in total. The first-order valence-corrected chi connectivity index (χ1v) is 6.25. The fraction of sp³-hybridized carbons (Fsp3) is 0.143. The van der Waals surface area contributed by atoms with Gasteiger partial charge >= 0.3 is 12.4 Å². The fourth-order valence-electron chi connectivity index (χ4n) is 2.15. The standard InChI is InChI=1S/C14H7F6N3/c15-13(16,17)9-3-1-8(2-4-9)11-12-22-7-10(14(18,19)20)23(12)6-5-21-11/h1-7H. The first-order chi connectivity index (χ1) is 10.7. The molecule has 2 aromatic heterocycles. The van der Waals surface area contributed by atoms with E-state index in [9.17, 15) is 26.3 Å². The largest absolute Gasteiger partial charge is 0.433 e. The van der Waals surface area contributed by atoms with Crippen LogP contribution in [0.15, 0.2) is 42.9 Å². The lowest BCUT2D eigenvalue weighted by Gasteiger charge is -2.09. The highest BCUT2D eigenvalue weighted by molar-refractivity contribution is 5.74. The van der Waals surface area contributed by atoms with E-state index < -0.39 is 23.6 Å². The van der Waals surface area contributed by atoms with Crippen LogP contribution in [0.3, 0.4) is 0 Å². The first-order valence-electron chi connectivity index (χ1n) is 6.25. The van der Waals surface area contributed by atoms with Crippen molar-refractivity contribution in [1.82, 2.24) is 14.4 Å². The van der Waals surface area contributed by atoms with E-state index in [1.807, 2.05) is 0 Å². The molecule has 0 saturated heterocycles. The molecule has 0 saturated carbocycles. The summed E-state index contributed by atoms with van der Waals surface area (Å²) in [7, 11) is 0. The lowest BCUT2D eigenvalue weighted by molar-refractivity contribution is -0.141. The minimum atomic E-state index is -4.60. The molecule has 0 aliphatic heterocycles. The first kappa shape index (κ1) is 15.3. The summed E-state index contributed by atoms with van der Waals surface area (Å²) in [6.07, 6.45) is -6.20. The molecular formula is C14H7F6N3. The predicted octanol–water partition coefficient (Wildman–Crippen LogP) is 4.43. The Morgan fingerprint density at radius 3 is 2.04 bits per heavy atom. The Labute approximate surface area is 125 Å². The summed E-state index contributed by atoms with van der Waals surface area (Å²) in [6.45, 7) is 0. The van der Waals surface area contributed by atoms with Crippen LogP contribution in [0, 0.1) is 0 Å². The summed E-state index contributed by atoms with van der Waals surface area (Å²) in [6, 6.07) is 3.97. The number of alkyl halides is 6. The molecule has 0 unspecified atom stereocenters. The summed E-state index contributed by atoms with van der Waals surface area (Å²) in [5.74, 6) is 0. The molecule has 3 nitrogen and oxygen atoms in total. The zero-order valence-electron chi connectivity index (χ0n) is 11.2. The third-order valence-electron chi connectivity index (χ3n) is 3.20. The van der Waals surface area contributed by atoms with Crippen LogP contribution >= 0.6 is 0 Å². The zero-order valence-corrected chi connectivity index (χ0v) is 11.2. The molecule has 2 heterocycles. The monoisotopic (exact) mass is 331 g/mol. The van der Waals surface area contributed by atoms with Crippen LogP contribution in [0.4, 0.5) is 26.3 Å². The molecule has 9 heteroatoms. The van der Waals surface area contributed by atoms with E-state index in [0.717, 1.165) is 41.1 Å². The van der Waals surface area contributed by atoms with Crippen molar-refractivity contribution in [2.24, 2.45) is 0 Å². The van der Waals surface area contributed by atoms with Gasteiger partial charge in [-0.15, -0.1) is 0 Å². The molecule has 120 valence electrons. The van der Waals surface area contributed by atoms with Gasteiger partial charge in [0.25, 0.3) is 0 Å². The summed E-state index contributed by atoms with van der Waals surface area (Å²) in [4.78, 5) is 7.62. The normalized spacial score (nSPS) is 12.8. The Morgan fingerprint density at radius 2 is 1.48 bits per heavy atom. The Kier molecular flexibility index (Phi) is 3.31.